The molecule has 2 rings (SSSR count). The van der Waals surface area contributed by atoms with Crippen LogP contribution in [0.25, 0.3) is 0 Å². The van der Waals surface area contributed by atoms with Crippen LogP contribution in [0.2, 0.25) is 0 Å². The first-order valence-electron chi connectivity index (χ1n) is 9.20. The predicted molar refractivity (Wildman–Crippen MR) is 112 cm³/mol. The number of ketones is 1. The summed E-state index contributed by atoms with van der Waals surface area (Å²) in [6, 6.07) is 14.2. The molecule has 8 heteroatoms. The molecule has 156 valence electrons. The summed E-state index contributed by atoms with van der Waals surface area (Å²) in [5, 5.41) is 8.78. The van der Waals surface area contributed by atoms with Crippen LogP contribution in [-0.4, -0.2) is 37.1 Å². The Hall–Kier alpha value is -3.18. The molecule has 0 heterocycles. The third-order valence-electron chi connectivity index (χ3n) is 4.21. The van der Waals surface area contributed by atoms with E-state index < -0.39 is 24.3 Å². The first kappa shape index (κ1) is 23.1. The van der Waals surface area contributed by atoms with E-state index in [1.54, 1.807) is 23.9 Å². The zero-order valence-electron chi connectivity index (χ0n) is 16.5. The quantitative estimate of drug-likeness (QED) is 0.323. The van der Waals surface area contributed by atoms with Gasteiger partial charge >= 0.3 is 5.97 Å². The number of hydrogen-bond donors (Lipinski definition) is 0. The molecule has 0 aliphatic rings. The SMILES string of the molecule is CSc1ccc(C(=O)CCC(=O)OCC(=O)N(CCC#N)c2ccc(F)cc2)cc1. The predicted octanol–water partition coefficient (Wildman–Crippen LogP) is 4.00. The molecule has 30 heavy (non-hydrogen) atoms. The molecule has 0 spiro atoms. The number of carbonyl (C=O) groups is 3. The van der Waals surface area contributed by atoms with Gasteiger partial charge in [-0.15, -0.1) is 11.8 Å². The molecule has 6 nitrogen and oxygen atoms in total. The van der Waals surface area contributed by atoms with Gasteiger partial charge in [-0.2, -0.15) is 5.26 Å². The normalized spacial score (nSPS) is 10.2. The molecule has 0 unspecified atom stereocenters. The van der Waals surface area contributed by atoms with Crippen molar-refractivity contribution < 1.29 is 23.5 Å². The van der Waals surface area contributed by atoms with Gasteiger partial charge in [-0.3, -0.25) is 14.4 Å². The fourth-order valence-corrected chi connectivity index (χ4v) is 3.02. The minimum absolute atomic E-state index is 0.0260. The number of amides is 1. The van der Waals surface area contributed by atoms with E-state index in [0.717, 1.165) is 4.90 Å². The van der Waals surface area contributed by atoms with E-state index in [1.165, 1.54) is 29.2 Å². The Morgan fingerprint density at radius 1 is 1.07 bits per heavy atom. The van der Waals surface area contributed by atoms with E-state index in [9.17, 15) is 18.8 Å². The molecule has 2 aromatic carbocycles. The van der Waals surface area contributed by atoms with Gasteiger partial charge in [0.15, 0.2) is 12.4 Å². The second-order valence-corrected chi connectivity index (χ2v) is 7.12. The number of nitrogens with zero attached hydrogens (tertiary/aromatic N) is 2. The average molecular weight is 428 g/mol. The summed E-state index contributed by atoms with van der Waals surface area (Å²) >= 11 is 1.57. The summed E-state index contributed by atoms with van der Waals surface area (Å²) in [5.74, 6) is -1.85. The largest absolute Gasteiger partial charge is 0.456 e. The summed E-state index contributed by atoms with van der Waals surface area (Å²) in [6.45, 7) is -0.443. The van der Waals surface area contributed by atoms with Crippen LogP contribution in [0.3, 0.4) is 0 Å². The lowest BCUT2D eigenvalue weighted by Crippen LogP contribution is -2.35. The molecule has 0 bridgehead atoms. The van der Waals surface area contributed by atoms with E-state index in [1.807, 2.05) is 24.5 Å². The van der Waals surface area contributed by atoms with E-state index in [2.05, 4.69) is 0 Å². The fourth-order valence-electron chi connectivity index (χ4n) is 2.61. The van der Waals surface area contributed by atoms with Crippen molar-refractivity contribution in [1.82, 2.24) is 0 Å². The maximum absolute atomic E-state index is 13.1. The van der Waals surface area contributed by atoms with Crippen molar-refractivity contribution >= 4 is 35.1 Å². The summed E-state index contributed by atoms with van der Waals surface area (Å²) in [6.07, 6.45) is 1.83. The molecule has 0 radical (unpaired) electrons. The minimum Gasteiger partial charge on any atom is -0.456 e. The first-order valence-corrected chi connectivity index (χ1v) is 10.4. The topological polar surface area (TPSA) is 87.5 Å². The standard InChI is InChI=1S/C22H21FN2O4S/c1-30-19-9-3-16(4-10-19)20(26)11-12-22(28)29-15-21(27)25(14-2-13-24)18-7-5-17(23)6-8-18/h3-10H,2,11-12,14-15H2,1H3. The minimum atomic E-state index is -0.670. The Balaban J connectivity index is 1.86. The highest BCUT2D eigenvalue weighted by Gasteiger charge is 2.18. The van der Waals surface area contributed by atoms with Gasteiger partial charge in [0.25, 0.3) is 5.91 Å². The van der Waals surface area contributed by atoms with Crippen molar-refractivity contribution in [3.8, 4) is 6.07 Å². The zero-order valence-corrected chi connectivity index (χ0v) is 17.3. The Morgan fingerprint density at radius 2 is 1.73 bits per heavy atom. The molecule has 2 aromatic rings. The number of ether oxygens (including phenoxy) is 1. The van der Waals surface area contributed by atoms with Gasteiger partial charge in [0.2, 0.25) is 0 Å². The molecule has 0 N–H and O–H groups in total. The third-order valence-corrected chi connectivity index (χ3v) is 4.95. The van der Waals surface area contributed by atoms with Gasteiger partial charge in [-0.25, -0.2) is 4.39 Å². The van der Waals surface area contributed by atoms with Crippen LogP contribution in [0.4, 0.5) is 10.1 Å². The lowest BCUT2D eigenvalue weighted by atomic mass is 10.1. The van der Waals surface area contributed by atoms with Crippen molar-refractivity contribution in [3.63, 3.8) is 0 Å². The molecule has 0 fully saturated rings. The Kier molecular flexibility index (Phi) is 9.03. The molecule has 0 aliphatic carbocycles. The van der Waals surface area contributed by atoms with Gasteiger partial charge in [0.1, 0.15) is 5.82 Å². The number of hydrogen-bond acceptors (Lipinski definition) is 6. The van der Waals surface area contributed by atoms with Gasteiger partial charge in [-0.05, 0) is 42.7 Å². The number of benzene rings is 2. The molecular weight excluding hydrogens is 407 g/mol. The van der Waals surface area contributed by atoms with Gasteiger partial charge in [0.05, 0.1) is 18.9 Å². The van der Waals surface area contributed by atoms with Crippen molar-refractivity contribution in [2.45, 2.75) is 24.2 Å². The van der Waals surface area contributed by atoms with Gasteiger partial charge < -0.3 is 9.64 Å². The smallest absolute Gasteiger partial charge is 0.306 e. The van der Waals surface area contributed by atoms with Crippen LogP contribution in [0.1, 0.15) is 29.6 Å². The van der Waals surface area contributed by atoms with Crippen molar-refractivity contribution in [3.05, 3.63) is 59.9 Å². The zero-order chi connectivity index (χ0) is 21.9. The molecule has 1 amide bonds. The highest BCUT2D eigenvalue weighted by atomic mass is 32.2. The molecule has 0 saturated carbocycles. The lowest BCUT2D eigenvalue weighted by Gasteiger charge is -2.21. The molecule has 0 saturated heterocycles. The van der Waals surface area contributed by atoms with E-state index >= 15 is 0 Å². The Morgan fingerprint density at radius 3 is 2.33 bits per heavy atom. The third kappa shape index (κ3) is 7.01. The van der Waals surface area contributed by atoms with Crippen molar-refractivity contribution in [2.24, 2.45) is 0 Å². The van der Waals surface area contributed by atoms with Crippen LogP contribution < -0.4 is 4.90 Å². The second-order valence-electron chi connectivity index (χ2n) is 6.24. The Labute approximate surface area is 178 Å². The summed E-state index contributed by atoms with van der Waals surface area (Å²) in [5.41, 5.74) is 0.909. The maximum Gasteiger partial charge on any atom is 0.306 e. The van der Waals surface area contributed by atoms with Crippen LogP contribution >= 0.6 is 11.8 Å². The van der Waals surface area contributed by atoms with Crippen LogP contribution in [-0.2, 0) is 14.3 Å². The van der Waals surface area contributed by atoms with Crippen LogP contribution in [0, 0.1) is 17.1 Å². The van der Waals surface area contributed by atoms with E-state index in [4.69, 9.17) is 10.00 Å². The number of carbonyl (C=O) groups excluding carboxylic acids is 3. The molecule has 0 aromatic heterocycles. The maximum atomic E-state index is 13.1. The van der Waals surface area contributed by atoms with Crippen LogP contribution in [0.15, 0.2) is 53.4 Å². The van der Waals surface area contributed by atoms with Gasteiger partial charge in [-0.1, -0.05) is 12.1 Å². The van der Waals surface area contributed by atoms with E-state index in [0.29, 0.717) is 11.3 Å². The van der Waals surface area contributed by atoms with Gasteiger partial charge in [0, 0.05) is 29.1 Å². The van der Waals surface area contributed by atoms with E-state index in [-0.39, 0.29) is 31.6 Å². The summed E-state index contributed by atoms with van der Waals surface area (Å²) < 4.78 is 18.1. The number of rotatable bonds is 10. The number of anilines is 1. The molecular formula is C22H21FN2O4S. The number of nitriles is 1. The summed E-state index contributed by atoms with van der Waals surface area (Å²) in [4.78, 5) is 38.9. The highest BCUT2D eigenvalue weighted by Crippen LogP contribution is 2.17. The number of Topliss-reactive ketones (excluding diaryl/α,β-unsaturated/α-hetero) is 1. The van der Waals surface area contributed by atoms with Crippen molar-refractivity contribution in [1.29, 1.82) is 5.26 Å². The lowest BCUT2D eigenvalue weighted by molar-refractivity contribution is -0.147. The molecule has 0 aliphatic heterocycles. The van der Waals surface area contributed by atoms with Crippen LogP contribution in [0.5, 0.6) is 0 Å². The number of esters is 1. The number of halogens is 1. The first-order chi connectivity index (χ1) is 14.4. The fraction of sp³-hybridized carbons (Fsp3) is 0.273. The highest BCUT2D eigenvalue weighted by molar-refractivity contribution is 7.98. The average Bonchev–Trinajstić information content (AvgIpc) is 2.77. The van der Waals surface area contributed by atoms with Crippen molar-refractivity contribution in [2.75, 3.05) is 24.3 Å². The Bertz CT molecular complexity index is 924. The monoisotopic (exact) mass is 428 g/mol. The summed E-state index contributed by atoms with van der Waals surface area (Å²) in [7, 11) is 0. The number of thioether (sulfide) groups is 1. The molecule has 0 atom stereocenters. The second kappa shape index (κ2) is 11.7.